The molecule has 5 heteroatoms. The lowest BCUT2D eigenvalue weighted by molar-refractivity contribution is -0.133. The van der Waals surface area contributed by atoms with Crippen molar-refractivity contribution < 1.29 is 9.53 Å². The maximum Gasteiger partial charge on any atom is 0.228 e. The number of imidazole rings is 1. The van der Waals surface area contributed by atoms with E-state index < -0.39 is 11.0 Å². The van der Waals surface area contributed by atoms with Crippen molar-refractivity contribution in [2.75, 3.05) is 6.61 Å². The summed E-state index contributed by atoms with van der Waals surface area (Å²) in [6, 6.07) is 20.7. The van der Waals surface area contributed by atoms with Crippen LogP contribution in [-0.2, 0) is 27.1 Å². The summed E-state index contributed by atoms with van der Waals surface area (Å²) in [7, 11) is 0. The molecule has 3 aromatic rings. The molecule has 0 unspecified atom stereocenters. The summed E-state index contributed by atoms with van der Waals surface area (Å²) in [4.78, 5) is 18.2. The number of aromatic nitrogens is 2. The van der Waals surface area contributed by atoms with Crippen molar-refractivity contribution in [3.63, 3.8) is 0 Å². The first-order valence-electron chi connectivity index (χ1n) is 13.6. The van der Waals surface area contributed by atoms with Crippen LogP contribution in [0.15, 0.2) is 60.7 Å². The summed E-state index contributed by atoms with van der Waals surface area (Å²) in [6.07, 6.45) is 7.88. The van der Waals surface area contributed by atoms with Crippen molar-refractivity contribution in [3.05, 3.63) is 77.7 Å². The van der Waals surface area contributed by atoms with Crippen molar-refractivity contribution in [1.82, 2.24) is 9.55 Å². The van der Waals surface area contributed by atoms with Crippen LogP contribution in [0.5, 0.6) is 0 Å². The predicted octanol–water partition coefficient (Wildman–Crippen LogP) is 5.89. The molecule has 0 saturated heterocycles. The summed E-state index contributed by atoms with van der Waals surface area (Å²) in [5.74, 6) is 2.18. The lowest BCUT2D eigenvalue weighted by Crippen LogP contribution is -2.49. The fourth-order valence-electron chi connectivity index (χ4n) is 6.13. The van der Waals surface area contributed by atoms with Crippen molar-refractivity contribution in [3.8, 4) is 11.3 Å². The van der Waals surface area contributed by atoms with Gasteiger partial charge in [-0.05, 0) is 75.7 Å². The second-order valence-corrected chi connectivity index (χ2v) is 11.4. The van der Waals surface area contributed by atoms with Crippen LogP contribution in [0.25, 0.3) is 11.3 Å². The molecule has 2 N–H and O–H groups in total. The van der Waals surface area contributed by atoms with E-state index >= 15 is 0 Å². The van der Waals surface area contributed by atoms with Gasteiger partial charge in [0.1, 0.15) is 11.4 Å². The summed E-state index contributed by atoms with van der Waals surface area (Å²) in [5, 5.41) is 0. The van der Waals surface area contributed by atoms with Crippen LogP contribution in [0.3, 0.4) is 0 Å². The Hall–Kier alpha value is -2.92. The summed E-state index contributed by atoms with van der Waals surface area (Å²) < 4.78 is 9.37. The summed E-state index contributed by atoms with van der Waals surface area (Å²) >= 11 is 0. The van der Waals surface area contributed by atoms with Gasteiger partial charge in [0.15, 0.2) is 0 Å². The first-order chi connectivity index (χ1) is 17.5. The average molecular weight is 484 g/mol. The molecule has 0 atom stereocenters. The van der Waals surface area contributed by atoms with Gasteiger partial charge in [-0.25, -0.2) is 4.98 Å². The van der Waals surface area contributed by atoms with Crippen molar-refractivity contribution in [2.24, 2.45) is 17.6 Å². The van der Waals surface area contributed by atoms with Gasteiger partial charge in [-0.2, -0.15) is 0 Å². The lowest BCUT2D eigenvalue weighted by atomic mass is 9.64. The fraction of sp³-hybridized carbons (Fsp3) is 0.484. The molecule has 3 aliphatic carbocycles. The molecule has 6 rings (SSSR count). The van der Waals surface area contributed by atoms with E-state index in [1.165, 1.54) is 36.9 Å². The van der Waals surface area contributed by atoms with Crippen LogP contribution in [0.2, 0.25) is 0 Å². The second-order valence-electron chi connectivity index (χ2n) is 11.4. The quantitative estimate of drug-likeness (QED) is 0.413. The molecule has 1 aromatic heterocycles. The molecule has 5 nitrogen and oxygen atoms in total. The first kappa shape index (κ1) is 23.5. The van der Waals surface area contributed by atoms with E-state index in [9.17, 15) is 4.79 Å². The third kappa shape index (κ3) is 4.28. The van der Waals surface area contributed by atoms with Crippen LogP contribution < -0.4 is 5.73 Å². The Morgan fingerprint density at radius 2 is 1.56 bits per heavy atom. The number of carbonyl (C=O) groups excluding carboxylic acids is 1. The number of rotatable bonds is 9. The average Bonchev–Trinajstić information content (AvgIpc) is 3.84. The van der Waals surface area contributed by atoms with Gasteiger partial charge in [0.25, 0.3) is 0 Å². The van der Waals surface area contributed by atoms with Crippen LogP contribution in [0.4, 0.5) is 0 Å². The molecule has 1 heterocycles. The van der Waals surface area contributed by atoms with E-state index in [2.05, 4.69) is 54.0 Å². The number of ether oxygens (including phenoxy) is 1. The van der Waals surface area contributed by atoms with E-state index in [1.54, 1.807) is 0 Å². The normalized spacial score (nSPS) is 26.1. The Labute approximate surface area is 214 Å². The molecule has 1 amide bonds. The summed E-state index contributed by atoms with van der Waals surface area (Å²) in [6.45, 7) is 3.88. The molecule has 188 valence electrons. The second kappa shape index (κ2) is 9.19. The monoisotopic (exact) mass is 483 g/mol. The van der Waals surface area contributed by atoms with Crippen LogP contribution in [0.1, 0.15) is 68.4 Å². The standard InChI is InChI=1S/C31H37N3O2/c1-22-27(25-8-4-2-5-9-25)34(20-23-12-13-23)29(33-22)31(36-21-24-14-15-24)18-16-30(17-19-31,28(32)35)26-10-6-3-7-11-26/h2-11,23-24H,12-21H2,1H3,(H2,32,35)/t30-,31+. The molecule has 0 aliphatic heterocycles. The smallest absolute Gasteiger partial charge is 0.228 e. The molecule has 0 bridgehead atoms. The minimum atomic E-state index is -0.654. The van der Waals surface area contributed by atoms with Gasteiger partial charge >= 0.3 is 0 Å². The first-order valence-corrected chi connectivity index (χ1v) is 13.6. The van der Waals surface area contributed by atoms with Gasteiger partial charge in [-0.3, -0.25) is 4.79 Å². The maximum absolute atomic E-state index is 12.9. The maximum atomic E-state index is 12.9. The zero-order valence-electron chi connectivity index (χ0n) is 21.3. The van der Waals surface area contributed by atoms with Crippen LogP contribution in [-0.4, -0.2) is 22.1 Å². The zero-order chi connectivity index (χ0) is 24.8. The van der Waals surface area contributed by atoms with Gasteiger partial charge in [0, 0.05) is 12.1 Å². The van der Waals surface area contributed by atoms with Crippen molar-refractivity contribution in [1.29, 1.82) is 0 Å². The Morgan fingerprint density at radius 1 is 0.944 bits per heavy atom. The van der Waals surface area contributed by atoms with Gasteiger partial charge in [-0.1, -0.05) is 60.7 Å². The van der Waals surface area contributed by atoms with Crippen molar-refractivity contribution in [2.45, 2.75) is 75.9 Å². The number of nitrogens with two attached hydrogens (primary N) is 1. The number of benzene rings is 2. The number of nitrogens with zero attached hydrogens (tertiary/aromatic N) is 2. The highest BCUT2D eigenvalue weighted by atomic mass is 16.5. The predicted molar refractivity (Wildman–Crippen MR) is 141 cm³/mol. The number of amides is 1. The van der Waals surface area contributed by atoms with Crippen molar-refractivity contribution >= 4 is 5.91 Å². The Morgan fingerprint density at radius 3 is 2.14 bits per heavy atom. The highest BCUT2D eigenvalue weighted by Crippen LogP contribution is 2.51. The topological polar surface area (TPSA) is 70.1 Å². The molecular weight excluding hydrogens is 446 g/mol. The summed E-state index contributed by atoms with van der Waals surface area (Å²) in [5.41, 5.74) is 9.45. The number of hydrogen-bond acceptors (Lipinski definition) is 3. The van der Waals surface area contributed by atoms with E-state index in [0.717, 1.165) is 43.1 Å². The molecular formula is C31H37N3O2. The fourth-order valence-corrected chi connectivity index (χ4v) is 6.13. The number of carbonyl (C=O) groups is 1. The molecule has 3 saturated carbocycles. The third-order valence-corrected chi connectivity index (χ3v) is 8.74. The number of primary amides is 1. The molecule has 2 aromatic carbocycles. The Kier molecular flexibility index (Phi) is 5.99. The molecule has 0 spiro atoms. The SMILES string of the molecule is Cc1nc([C@]2(OCC3CC3)CC[C@](C(N)=O)(c3ccccc3)CC2)n(CC2CC2)c1-c1ccccc1. The Bertz CT molecular complexity index is 1220. The van der Waals surface area contributed by atoms with E-state index in [1.807, 2.05) is 18.2 Å². The minimum absolute atomic E-state index is 0.230. The lowest BCUT2D eigenvalue weighted by Gasteiger charge is -2.45. The molecule has 0 radical (unpaired) electrons. The number of aryl methyl sites for hydroxylation is 1. The van der Waals surface area contributed by atoms with E-state index in [0.29, 0.717) is 24.7 Å². The van der Waals surface area contributed by atoms with Crippen LogP contribution >= 0.6 is 0 Å². The van der Waals surface area contributed by atoms with Crippen LogP contribution in [0, 0.1) is 18.8 Å². The highest BCUT2D eigenvalue weighted by Gasteiger charge is 2.51. The zero-order valence-corrected chi connectivity index (χ0v) is 21.3. The Balaban J connectivity index is 1.41. The highest BCUT2D eigenvalue weighted by molar-refractivity contribution is 5.87. The van der Waals surface area contributed by atoms with E-state index in [-0.39, 0.29) is 5.91 Å². The number of hydrogen-bond donors (Lipinski definition) is 1. The molecule has 3 fully saturated rings. The van der Waals surface area contributed by atoms with E-state index in [4.69, 9.17) is 15.5 Å². The van der Waals surface area contributed by atoms with Gasteiger partial charge in [0.05, 0.1) is 23.4 Å². The minimum Gasteiger partial charge on any atom is -0.369 e. The van der Waals surface area contributed by atoms with Gasteiger partial charge in [0.2, 0.25) is 5.91 Å². The van der Waals surface area contributed by atoms with Gasteiger partial charge < -0.3 is 15.0 Å². The molecule has 3 aliphatic rings. The molecule has 36 heavy (non-hydrogen) atoms. The third-order valence-electron chi connectivity index (χ3n) is 8.74. The largest absolute Gasteiger partial charge is 0.369 e. The van der Waals surface area contributed by atoms with Gasteiger partial charge in [-0.15, -0.1) is 0 Å².